The van der Waals surface area contributed by atoms with Crippen molar-refractivity contribution in [2.45, 2.75) is 46.1 Å². The van der Waals surface area contributed by atoms with Crippen molar-refractivity contribution >= 4 is 5.69 Å². The van der Waals surface area contributed by atoms with E-state index in [2.05, 4.69) is 49.2 Å². The molecular weight excluding hydrogens is 220 g/mol. The first-order valence-electron chi connectivity index (χ1n) is 7.37. The van der Waals surface area contributed by atoms with E-state index < -0.39 is 0 Å². The van der Waals surface area contributed by atoms with Gasteiger partial charge in [-0.1, -0.05) is 26.0 Å². The highest BCUT2D eigenvalue weighted by molar-refractivity contribution is 5.57. The van der Waals surface area contributed by atoms with Crippen molar-refractivity contribution in [3.05, 3.63) is 29.3 Å². The first-order valence-corrected chi connectivity index (χ1v) is 7.37. The third-order valence-corrected chi connectivity index (χ3v) is 3.82. The molecule has 100 valence electrons. The van der Waals surface area contributed by atoms with Crippen LogP contribution in [0.3, 0.4) is 0 Å². The Balaban J connectivity index is 2.21. The number of benzene rings is 1. The molecule has 0 aliphatic carbocycles. The van der Waals surface area contributed by atoms with Crippen molar-refractivity contribution in [1.82, 2.24) is 5.32 Å². The second-order valence-electron chi connectivity index (χ2n) is 5.26. The lowest BCUT2D eigenvalue weighted by molar-refractivity contribution is 0.595. The van der Waals surface area contributed by atoms with Gasteiger partial charge in [0.2, 0.25) is 0 Å². The van der Waals surface area contributed by atoms with Crippen LogP contribution in [-0.2, 0) is 6.42 Å². The molecule has 0 amide bonds. The summed E-state index contributed by atoms with van der Waals surface area (Å²) >= 11 is 0. The smallest absolute Gasteiger partial charge is 0.0398 e. The molecular formula is C16H26N2. The average molecular weight is 246 g/mol. The van der Waals surface area contributed by atoms with Crippen LogP contribution >= 0.6 is 0 Å². The Morgan fingerprint density at radius 3 is 2.89 bits per heavy atom. The van der Waals surface area contributed by atoms with Gasteiger partial charge in [-0.25, -0.2) is 0 Å². The molecule has 1 aromatic carbocycles. The largest absolute Gasteiger partial charge is 0.371 e. The highest BCUT2D eigenvalue weighted by atomic mass is 15.1. The Labute approximate surface area is 111 Å². The third-order valence-electron chi connectivity index (χ3n) is 3.82. The Kier molecular flexibility index (Phi) is 4.65. The van der Waals surface area contributed by atoms with Crippen molar-refractivity contribution in [2.75, 3.05) is 24.5 Å². The molecule has 2 rings (SSSR count). The van der Waals surface area contributed by atoms with Gasteiger partial charge in [0.15, 0.2) is 0 Å². The molecule has 0 aromatic heterocycles. The van der Waals surface area contributed by atoms with E-state index >= 15 is 0 Å². The van der Waals surface area contributed by atoms with E-state index in [1.807, 2.05) is 0 Å². The lowest BCUT2D eigenvalue weighted by atomic mass is 9.96. The van der Waals surface area contributed by atoms with Crippen molar-refractivity contribution in [3.63, 3.8) is 0 Å². The predicted octanol–water partition coefficient (Wildman–Crippen LogP) is 3.52. The van der Waals surface area contributed by atoms with Gasteiger partial charge < -0.3 is 10.2 Å². The highest BCUT2D eigenvalue weighted by Crippen LogP contribution is 2.29. The maximum atomic E-state index is 3.49. The highest BCUT2D eigenvalue weighted by Gasteiger charge is 2.17. The zero-order valence-electron chi connectivity index (χ0n) is 12.0. The Morgan fingerprint density at radius 2 is 2.17 bits per heavy atom. The summed E-state index contributed by atoms with van der Waals surface area (Å²) in [7, 11) is 0. The summed E-state index contributed by atoms with van der Waals surface area (Å²) in [6, 6.07) is 7.49. The average Bonchev–Trinajstić information content (AvgIpc) is 2.39. The van der Waals surface area contributed by atoms with Gasteiger partial charge in [0.25, 0.3) is 0 Å². The van der Waals surface area contributed by atoms with E-state index in [-0.39, 0.29) is 0 Å². The summed E-state index contributed by atoms with van der Waals surface area (Å²) in [5.74, 6) is 0. The number of anilines is 1. The SMILES string of the molecule is CCCN1CCCc2cc(C(C)NCC)ccc21. The van der Waals surface area contributed by atoms with E-state index in [1.165, 1.54) is 49.2 Å². The zero-order valence-corrected chi connectivity index (χ0v) is 12.0. The van der Waals surface area contributed by atoms with Crippen LogP contribution < -0.4 is 10.2 Å². The number of rotatable bonds is 5. The number of nitrogens with zero attached hydrogens (tertiary/aromatic N) is 1. The maximum absolute atomic E-state index is 3.49. The first-order chi connectivity index (χ1) is 8.76. The van der Waals surface area contributed by atoms with Crippen LogP contribution in [-0.4, -0.2) is 19.6 Å². The van der Waals surface area contributed by atoms with Crippen LogP contribution in [0.4, 0.5) is 5.69 Å². The molecule has 0 saturated heterocycles. The number of aryl methyl sites for hydroxylation is 1. The van der Waals surface area contributed by atoms with Crippen LogP contribution in [0, 0.1) is 0 Å². The normalized spacial score (nSPS) is 16.5. The summed E-state index contributed by atoms with van der Waals surface area (Å²) in [6.07, 6.45) is 3.77. The lowest BCUT2D eigenvalue weighted by Gasteiger charge is -2.32. The summed E-state index contributed by atoms with van der Waals surface area (Å²) in [6.45, 7) is 10.1. The standard InChI is InChI=1S/C16H26N2/c1-4-10-18-11-6-7-15-12-14(8-9-16(15)18)13(3)17-5-2/h8-9,12-13,17H,4-7,10-11H2,1-3H3. The molecule has 0 bridgehead atoms. The number of nitrogens with one attached hydrogen (secondary N) is 1. The van der Waals surface area contributed by atoms with Gasteiger partial charge in [-0.15, -0.1) is 0 Å². The molecule has 1 N–H and O–H groups in total. The van der Waals surface area contributed by atoms with Crippen LogP contribution in [0.5, 0.6) is 0 Å². The van der Waals surface area contributed by atoms with Gasteiger partial charge in [0.1, 0.15) is 0 Å². The van der Waals surface area contributed by atoms with E-state index in [4.69, 9.17) is 0 Å². The van der Waals surface area contributed by atoms with Gasteiger partial charge in [0, 0.05) is 24.8 Å². The molecule has 2 nitrogen and oxygen atoms in total. The summed E-state index contributed by atoms with van der Waals surface area (Å²) in [5, 5.41) is 3.49. The van der Waals surface area contributed by atoms with E-state index in [0.29, 0.717) is 6.04 Å². The van der Waals surface area contributed by atoms with Gasteiger partial charge in [-0.2, -0.15) is 0 Å². The minimum Gasteiger partial charge on any atom is -0.371 e. The van der Waals surface area contributed by atoms with Crippen LogP contribution in [0.2, 0.25) is 0 Å². The molecule has 18 heavy (non-hydrogen) atoms. The maximum Gasteiger partial charge on any atom is 0.0398 e. The molecule has 0 spiro atoms. The molecule has 1 aromatic rings. The van der Waals surface area contributed by atoms with E-state index in [9.17, 15) is 0 Å². The van der Waals surface area contributed by atoms with Gasteiger partial charge in [-0.3, -0.25) is 0 Å². The van der Waals surface area contributed by atoms with Crippen LogP contribution in [0.15, 0.2) is 18.2 Å². The Hall–Kier alpha value is -1.02. The zero-order chi connectivity index (χ0) is 13.0. The molecule has 1 aliphatic rings. The first kappa shape index (κ1) is 13.4. The monoisotopic (exact) mass is 246 g/mol. The van der Waals surface area contributed by atoms with E-state index in [1.54, 1.807) is 0 Å². The number of hydrogen-bond donors (Lipinski definition) is 1. The van der Waals surface area contributed by atoms with Crippen molar-refractivity contribution in [1.29, 1.82) is 0 Å². The molecule has 0 saturated carbocycles. The molecule has 0 radical (unpaired) electrons. The molecule has 2 heteroatoms. The molecule has 0 fully saturated rings. The summed E-state index contributed by atoms with van der Waals surface area (Å²) in [4.78, 5) is 2.54. The number of fused-ring (bicyclic) bond motifs is 1. The fraction of sp³-hybridized carbons (Fsp3) is 0.625. The van der Waals surface area contributed by atoms with Crippen LogP contribution in [0.25, 0.3) is 0 Å². The van der Waals surface area contributed by atoms with E-state index in [0.717, 1.165) is 6.54 Å². The molecule has 1 unspecified atom stereocenters. The van der Waals surface area contributed by atoms with Gasteiger partial charge >= 0.3 is 0 Å². The Bertz CT molecular complexity index is 387. The number of hydrogen-bond acceptors (Lipinski definition) is 2. The summed E-state index contributed by atoms with van der Waals surface area (Å²) in [5.41, 5.74) is 4.43. The van der Waals surface area contributed by atoms with Crippen molar-refractivity contribution < 1.29 is 0 Å². The minimum atomic E-state index is 0.460. The minimum absolute atomic E-state index is 0.460. The van der Waals surface area contributed by atoms with Crippen molar-refractivity contribution in [2.24, 2.45) is 0 Å². The van der Waals surface area contributed by atoms with Crippen molar-refractivity contribution in [3.8, 4) is 0 Å². The second-order valence-corrected chi connectivity index (χ2v) is 5.26. The molecule has 1 aliphatic heterocycles. The predicted molar refractivity (Wildman–Crippen MR) is 79.4 cm³/mol. The lowest BCUT2D eigenvalue weighted by Crippen LogP contribution is -2.30. The fourth-order valence-electron chi connectivity index (χ4n) is 2.89. The molecule has 1 atom stereocenters. The topological polar surface area (TPSA) is 15.3 Å². The van der Waals surface area contributed by atoms with Gasteiger partial charge in [0.05, 0.1) is 0 Å². The summed E-state index contributed by atoms with van der Waals surface area (Å²) < 4.78 is 0. The Morgan fingerprint density at radius 1 is 1.33 bits per heavy atom. The van der Waals surface area contributed by atoms with Gasteiger partial charge in [-0.05, 0) is 49.9 Å². The quantitative estimate of drug-likeness (QED) is 0.855. The molecule has 1 heterocycles. The fourth-order valence-corrected chi connectivity index (χ4v) is 2.89. The second kappa shape index (κ2) is 6.24. The third kappa shape index (κ3) is 2.86. The van der Waals surface area contributed by atoms with Crippen LogP contribution in [0.1, 0.15) is 50.8 Å².